The summed E-state index contributed by atoms with van der Waals surface area (Å²) in [5, 5.41) is 0. The molecule has 31 heavy (non-hydrogen) atoms. The Bertz CT molecular complexity index is 1140. The Morgan fingerprint density at radius 2 is 1.55 bits per heavy atom. The second-order valence-electron chi connectivity index (χ2n) is 7.38. The standard InChI is InChI=1S/C21H27N3O5S2/c1-3-23(17(2)25)16-18-8-4-5-9-21(18)22-30(26,27)19-10-12-20(13-11-19)31(28,29)24-14-6-7-15-24/h4-5,8-13,22H,3,6-7,14-16H2,1-2H3. The van der Waals surface area contributed by atoms with Gasteiger partial charge in [-0.1, -0.05) is 18.2 Å². The van der Waals surface area contributed by atoms with Gasteiger partial charge in [0.1, 0.15) is 0 Å². The zero-order valence-corrected chi connectivity index (χ0v) is 19.2. The van der Waals surface area contributed by atoms with E-state index in [1.165, 1.54) is 35.5 Å². The minimum atomic E-state index is -3.94. The average Bonchev–Trinajstić information content (AvgIpc) is 3.28. The fraction of sp³-hybridized carbons (Fsp3) is 0.381. The van der Waals surface area contributed by atoms with Crippen LogP contribution in [-0.2, 0) is 31.4 Å². The zero-order valence-electron chi connectivity index (χ0n) is 17.6. The van der Waals surface area contributed by atoms with Gasteiger partial charge in [0.05, 0.1) is 15.5 Å². The van der Waals surface area contributed by atoms with Gasteiger partial charge in [-0.3, -0.25) is 9.52 Å². The van der Waals surface area contributed by atoms with Gasteiger partial charge < -0.3 is 4.90 Å². The van der Waals surface area contributed by atoms with Crippen LogP contribution in [0.5, 0.6) is 0 Å². The van der Waals surface area contributed by atoms with Crippen LogP contribution in [0, 0.1) is 0 Å². The molecule has 10 heteroatoms. The SMILES string of the molecule is CCN(Cc1ccccc1NS(=O)(=O)c1ccc(S(=O)(=O)N2CCCC2)cc1)C(C)=O. The minimum absolute atomic E-state index is 0.0402. The first-order valence-electron chi connectivity index (χ1n) is 10.1. The summed E-state index contributed by atoms with van der Waals surface area (Å²) < 4.78 is 55.1. The van der Waals surface area contributed by atoms with Crippen LogP contribution in [0.3, 0.4) is 0 Å². The van der Waals surface area contributed by atoms with Gasteiger partial charge in [0, 0.05) is 33.1 Å². The van der Waals surface area contributed by atoms with Crippen LogP contribution in [0.15, 0.2) is 58.3 Å². The third-order valence-corrected chi connectivity index (χ3v) is 8.58. The molecule has 0 atom stereocenters. The van der Waals surface area contributed by atoms with Crippen molar-refractivity contribution >= 4 is 31.6 Å². The van der Waals surface area contributed by atoms with E-state index in [0.717, 1.165) is 12.8 Å². The van der Waals surface area contributed by atoms with Gasteiger partial charge in [0.2, 0.25) is 15.9 Å². The Hall–Kier alpha value is -2.43. The summed E-state index contributed by atoms with van der Waals surface area (Å²) in [5.41, 5.74) is 1.03. The highest BCUT2D eigenvalue weighted by atomic mass is 32.2. The van der Waals surface area contributed by atoms with Crippen LogP contribution >= 0.6 is 0 Å². The third-order valence-electron chi connectivity index (χ3n) is 5.29. The summed E-state index contributed by atoms with van der Waals surface area (Å²) in [6.07, 6.45) is 1.65. The smallest absolute Gasteiger partial charge is 0.261 e. The monoisotopic (exact) mass is 465 g/mol. The number of anilines is 1. The van der Waals surface area contributed by atoms with Crippen LogP contribution in [-0.4, -0.2) is 51.6 Å². The first-order valence-corrected chi connectivity index (χ1v) is 13.0. The Morgan fingerprint density at radius 1 is 0.968 bits per heavy atom. The summed E-state index contributed by atoms with van der Waals surface area (Å²) in [6.45, 7) is 5.06. The fourth-order valence-corrected chi connectivity index (χ4v) is 6.10. The molecule has 0 unspecified atom stereocenters. The van der Waals surface area contributed by atoms with Crippen molar-refractivity contribution in [3.05, 3.63) is 54.1 Å². The minimum Gasteiger partial charge on any atom is -0.339 e. The summed E-state index contributed by atoms with van der Waals surface area (Å²) >= 11 is 0. The molecule has 0 aromatic heterocycles. The van der Waals surface area contributed by atoms with Crippen LogP contribution in [0.25, 0.3) is 0 Å². The predicted octanol–water partition coefficient (Wildman–Crippen LogP) is 2.64. The molecule has 1 aliphatic heterocycles. The van der Waals surface area contributed by atoms with Crippen LogP contribution in [0.1, 0.15) is 32.3 Å². The summed E-state index contributed by atoms with van der Waals surface area (Å²) in [5.74, 6) is -0.102. The lowest BCUT2D eigenvalue weighted by atomic mass is 10.1. The van der Waals surface area contributed by atoms with Gasteiger partial charge >= 0.3 is 0 Å². The second-order valence-corrected chi connectivity index (χ2v) is 11.0. The van der Waals surface area contributed by atoms with Crippen molar-refractivity contribution in [1.29, 1.82) is 0 Å². The molecule has 2 aromatic carbocycles. The number of carbonyl (C=O) groups is 1. The van der Waals surface area contributed by atoms with E-state index in [0.29, 0.717) is 30.9 Å². The number of hydrogen-bond acceptors (Lipinski definition) is 5. The predicted molar refractivity (Wildman–Crippen MR) is 118 cm³/mol. The number of carbonyl (C=O) groups excluding carboxylic acids is 1. The third kappa shape index (κ3) is 5.25. The van der Waals surface area contributed by atoms with Gasteiger partial charge in [-0.2, -0.15) is 4.31 Å². The van der Waals surface area contributed by atoms with E-state index >= 15 is 0 Å². The Labute approximate surface area is 184 Å². The van der Waals surface area contributed by atoms with E-state index in [-0.39, 0.29) is 22.2 Å². The molecule has 0 spiro atoms. The molecule has 1 saturated heterocycles. The van der Waals surface area contributed by atoms with E-state index in [1.807, 2.05) is 6.92 Å². The highest BCUT2D eigenvalue weighted by molar-refractivity contribution is 7.92. The number of amides is 1. The van der Waals surface area contributed by atoms with Gasteiger partial charge in [0.15, 0.2) is 0 Å². The van der Waals surface area contributed by atoms with Gasteiger partial charge in [-0.25, -0.2) is 16.8 Å². The molecule has 0 bridgehead atoms. The molecule has 0 saturated carbocycles. The van der Waals surface area contributed by atoms with Crippen molar-refractivity contribution < 1.29 is 21.6 Å². The molecule has 1 heterocycles. The van der Waals surface area contributed by atoms with Crippen molar-refractivity contribution in [2.75, 3.05) is 24.4 Å². The van der Waals surface area contributed by atoms with Gasteiger partial charge in [-0.15, -0.1) is 0 Å². The zero-order chi connectivity index (χ0) is 22.6. The van der Waals surface area contributed by atoms with Crippen LogP contribution in [0.4, 0.5) is 5.69 Å². The Kier molecular flexibility index (Phi) is 7.03. The van der Waals surface area contributed by atoms with Crippen molar-refractivity contribution in [3.8, 4) is 0 Å². The maximum atomic E-state index is 12.9. The Morgan fingerprint density at radius 3 is 2.13 bits per heavy atom. The quantitative estimate of drug-likeness (QED) is 0.645. The van der Waals surface area contributed by atoms with Crippen molar-refractivity contribution in [1.82, 2.24) is 9.21 Å². The van der Waals surface area contributed by atoms with E-state index in [9.17, 15) is 21.6 Å². The van der Waals surface area contributed by atoms with Crippen molar-refractivity contribution in [2.24, 2.45) is 0 Å². The second kappa shape index (κ2) is 9.37. The number of rotatable bonds is 8. The highest BCUT2D eigenvalue weighted by Gasteiger charge is 2.27. The van der Waals surface area contributed by atoms with Crippen molar-refractivity contribution in [3.63, 3.8) is 0 Å². The molecule has 0 aliphatic carbocycles. The van der Waals surface area contributed by atoms with E-state index in [4.69, 9.17) is 0 Å². The molecule has 1 amide bonds. The molecule has 1 fully saturated rings. The fourth-order valence-electron chi connectivity index (χ4n) is 3.48. The number of nitrogens with zero attached hydrogens (tertiary/aromatic N) is 2. The normalized spacial score (nSPS) is 15.0. The molecule has 1 N–H and O–H groups in total. The number of para-hydroxylation sites is 1. The molecular weight excluding hydrogens is 438 g/mol. The molecule has 2 aromatic rings. The van der Waals surface area contributed by atoms with Gasteiger partial charge in [0.25, 0.3) is 10.0 Å². The summed E-state index contributed by atoms with van der Waals surface area (Å²) in [6, 6.07) is 12.1. The number of hydrogen-bond donors (Lipinski definition) is 1. The number of benzene rings is 2. The largest absolute Gasteiger partial charge is 0.339 e. The first kappa shape index (κ1) is 23.2. The lowest BCUT2D eigenvalue weighted by Crippen LogP contribution is -2.28. The molecular formula is C21H27N3O5S2. The van der Waals surface area contributed by atoms with Crippen LogP contribution in [0.2, 0.25) is 0 Å². The Balaban J connectivity index is 1.83. The topological polar surface area (TPSA) is 104 Å². The number of sulfonamides is 2. The van der Waals surface area contributed by atoms with Crippen LogP contribution < -0.4 is 4.72 Å². The maximum Gasteiger partial charge on any atom is 0.261 e. The summed E-state index contributed by atoms with van der Waals surface area (Å²) in [4.78, 5) is 13.4. The summed E-state index contributed by atoms with van der Waals surface area (Å²) in [7, 11) is -7.55. The highest BCUT2D eigenvalue weighted by Crippen LogP contribution is 2.25. The lowest BCUT2D eigenvalue weighted by Gasteiger charge is -2.21. The molecule has 0 radical (unpaired) electrons. The van der Waals surface area contributed by atoms with E-state index in [1.54, 1.807) is 29.2 Å². The average molecular weight is 466 g/mol. The molecule has 168 valence electrons. The van der Waals surface area contributed by atoms with Gasteiger partial charge in [-0.05, 0) is 55.7 Å². The first-order chi connectivity index (χ1) is 14.6. The molecule has 8 nitrogen and oxygen atoms in total. The van der Waals surface area contributed by atoms with E-state index in [2.05, 4.69) is 4.72 Å². The van der Waals surface area contributed by atoms with Crippen molar-refractivity contribution in [2.45, 2.75) is 43.0 Å². The lowest BCUT2D eigenvalue weighted by molar-refractivity contribution is -0.129. The van der Waals surface area contributed by atoms with E-state index < -0.39 is 20.0 Å². The molecule has 3 rings (SSSR count). The maximum absolute atomic E-state index is 12.9. The number of nitrogens with one attached hydrogen (secondary N) is 1. The molecule has 1 aliphatic rings.